The molecule has 0 spiro atoms. The molecule has 0 aliphatic heterocycles. The molecule has 82 valence electrons. The van der Waals surface area contributed by atoms with Crippen molar-refractivity contribution >= 4 is 17.6 Å². The van der Waals surface area contributed by atoms with Gasteiger partial charge in [0.2, 0.25) is 0 Å². The molecule has 0 amide bonds. The van der Waals surface area contributed by atoms with Crippen molar-refractivity contribution < 1.29 is 13.9 Å². The first-order chi connectivity index (χ1) is 6.99. The molecule has 0 saturated carbocycles. The van der Waals surface area contributed by atoms with E-state index in [4.69, 9.17) is 16.3 Å². The number of rotatable bonds is 3. The van der Waals surface area contributed by atoms with E-state index < -0.39 is 5.82 Å². The van der Waals surface area contributed by atoms with Crippen LogP contribution in [0.2, 0.25) is 5.02 Å². The van der Waals surface area contributed by atoms with Gasteiger partial charge in [-0.25, -0.2) is 4.39 Å². The smallest absolute Gasteiger partial charge is 0.310 e. The van der Waals surface area contributed by atoms with Gasteiger partial charge < -0.3 is 4.74 Å². The Hall–Kier alpha value is -1.09. The van der Waals surface area contributed by atoms with Gasteiger partial charge in [0, 0.05) is 5.02 Å². The number of halogens is 2. The molecule has 0 radical (unpaired) electrons. The second kappa shape index (κ2) is 5.12. The number of carbonyl (C=O) groups is 1. The third-order valence-corrected chi connectivity index (χ3v) is 2.07. The van der Waals surface area contributed by atoms with E-state index in [9.17, 15) is 9.18 Å². The Balaban J connectivity index is 2.68. The van der Waals surface area contributed by atoms with Crippen LogP contribution in [0.3, 0.4) is 0 Å². The van der Waals surface area contributed by atoms with E-state index in [1.165, 1.54) is 18.2 Å². The van der Waals surface area contributed by atoms with E-state index >= 15 is 0 Å². The van der Waals surface area contributed by atoms with Crippen molar-refractivity contribution in [1.29, 1.82) is 0 Å². The molecule has 0 N–H and O–H groups in total. The van der Waals surface area contributed by atoms with E-state index in [2.05, 4.69) is 0 Å². The van der Waals surface area contributed by atoms with E-state index in [1.54, 1.807) is 13.8 Å². The van der Waals surface area contributed by atoms with Crippen LogP contribution in [-0.2, 0) is 16.0 Å². The van der Waals surface area contributed by atoms with Gasteiger partial charge >= 0.3 is 5.97 Å². The van der Waals surface area contributed by atoms with Crippen molar-refractivity contribution in [2.24, 2.45) is 0 Å². The summed E-state index contributed by atoms with van der Waals surface area (Å²) in [6.45, 7) is 3.54. The molecule has 0 fully saturated rings. The van der Waals surface area contributed by atoms with Gasteiger partial charge in [-0.1, -0.05) is 17.7 Å². The highest BCUT2D eigenvalue weighted by atomic mass is 35.5. The fourth-order valence-electron chi connectivity index (χ4n) is 1.13. The lowest BCUT2D eigenvalue weighted by molar-refractivity contribution is -0.146. The Bertz CT molecular complexity index is 364. The van der Waals surface area contributed by atoms with E-state index in [1.807, 2.05) is 0 Å². The van der Waals surface area contributed by atoms with Crippen LogP contribution in [0.1, 0.15) is 19.4 Å². The van der Waals surface area contributed by atoms with E-state index in [0.29, 0.717) is 5.56 Å². The molecule has 1 rings (SSSR count). The highest BCUT2D eigenvalue weighted by molar-refractivity contribution is 6.31. The highest BCUT2D eigenvalue weighted by Crippen LogP contribution is 2.18. The number of benzene rings is 1. The largest absolute Gasteiger partial charge is 0.463 e. The molecule has 1 aromatic carbocycles. The third-order valence-electron chi connectivity index (χ3n) is 1.72. The lowest BCUT2D eigenvalue weighted by Gasteiger charge is -2.08. The zero-order valence-electron chi connectivity index (χ0n) is 8.59. The molecule has 0 saturated heterocycles. The average molecular weight is 231 g/mol. The quantitative estimate of drug-likeness (QED) is 0.747. The predicted molar refractivity (Wildman–Crippen MR) is 56.3 cm³/mol. The molecular formula is C11H12ClFO2. The minimum atomic E-state index is -0.416. The Morgan fingerprint density at radius 1 is 1.53 bits per heavy atom. The van der Waals surface area contributed by atoms with Gasteiger partial charge in [-0.3, -0.25) is 4.79 Å². The SMILES string of the molecule is CC(C)OC(=O)Cc1ccc(F)cc1Cl. The summed E-state index contributed by atoms with van der Waals surface area (Å²) >= 11 is 5.76. The summed E-state index contributed by atoms with van der Waals surface area (Å²) in [4.78, 5) is 11.3. The maximum Gasteiger partial charge on any atom is 0.310 e. The molecule has 15 heavy (non-hydrogen) atoms. The first-order valence-corrected chi connectivity index (χ1v) is 5.00. The predicted octanol–water partition coefficient (Wildman–Crippen LogP) is 2.97. The maximum absolute atomic E-state index is 12.7. The summed E-state index contributed by atoms with van der Waals surface area (Å²) in [5.41, 5.74) is 0.573. The van der Waals surface area contributed by atoms with Crippen LogP contribution in [0.5, 0.6) is 0 Å². The van der Waals surface area contributed by atoms with Crippen molar-refractivity contribution in [1.82, 2.24) is 0 Å². The zero-order chi connectivity index (χ0) is 11.4. The lowest BCUT2D eigenvalue weighted by Crippen LogP contribution is -2.13. The average Bonchev–Trinajstić information content (AvgIpc) is 2.08. The molecule has 2 nitrogen and oxygen atoms in total. The number of esters is 1. The van der Waals surface area contributed by atoms with Crippen molar-refractivity contribution in [3.05, 3.63) is 34.6 Å². The first-order valence-electron chi connectivity index (χ1n) is 4.62. The van der Waals surface area contributed by atoms with Crippen LogP contribution >= 0.6 is 11.6 Å². The molecule has 1 aromatic rings. The minimum Gasteiger partial charge on any atom is -0.463 e. The summed E-state index contributed by atoms with van der Waals surface area (Å²) in [5, 5.41) is 0.246. The normalized spacial score (nSPS) is 10.5. The van der Waals surface area contributed by atoms with Crippen molar-refractivity contribution in [2.45, 2.75) is 26.4 Å². The number of hydrogen-bond donors (Lipinski definition) is 0. The molecule has 0 bridgehead atoms. The third kappa shape index (κ3) is 3.88. The Morgan fingerprint density at radius 3 is 2.73 bits per heavy atom. The standard InChI is InChI=1S/C11H12ClFO2/c1-7(2)15-11(14)5-8-3-4-9(13)6-10(8)12/h3-4,6-7H,5H2,1-2H3. The van der Waals surface area contributed by atoms with Gasteiger partial charge in [-0.2, -0.15) is 0 Å². The number of hydrogen-bond acceptors (Lipinski definition) is 2. The van der Waals surface area contributed by atoms with Crippen LogP contribution < -0.4 is 0 Å². The summed E-state index contributed by atoms with van der Waals surface area (Å²) in [6, 6.07) is 3.93. The summed E-state index contributed by atoms with van der Waals surface area (Å²) in [6.07, 6.45) is -0.0891. The second-order valence-corrected chi connectivity index (χ2v) is 3.86. The monoisotopic (exact) mass is 230 g/mol. The highest BCUT2D eigenvalue weighted by Gasteiger charge is 2.10. The van der Waals surface area contributed by atoms with E-state index in [-0.39, 0.29) is 23.5 Å². The van der Waals surface area contributed by atoms with Crippen molar-refractivity contribution in [3.63, 3.8) is 0 Å². The fraction of sp³-hybridized carbons (Fsp3) is 0.364. The Kier molecular flexibility index (Phi) is 4.09. The van der Waals surface area contributed by atoms with Gasteiger partial charge in [0.15, 0.2) is 0 Å². The number of ether oxygens (including phenoxy) is 1. The molecule has 0 aromatic heterocycles. The zero-order valence-corrected chi connectivity index (χ0v) is 9.34. The fourth-order valence-corrected chi connectivity index (χ4v) is 1.36. The Labute approximate surface area is 93.0 Å². The van der Waals surface area contributed by atoms with Gasteiger partial charge in [0.25, 0.3) is 0 Å². The molecule has 0 atom stereocenters. The van der Waals surface area contributed by atoms with Crippen LogP contribution in [0.4, 0.5) is 4.39 Å². The molecular weight excluding hydrogens is 219 g/mol. The summed E-state index contributed by atoms with van der Waals surface area (Å²) < 4.78 is 17.6. The van der Waals surface area contributed by atoms with Crippen molar-refractivity contribution in [3.8, 4) is 0 Å². The Morgan fingerprint density at radius 2 is 2.20 bits per heavy atom. The van der Waals surface area contributed by atoms with Crippen molar-refractivity contribution in [2.75, 3.05) is 0 Å². The van der Waals surface area contributed by atoms with Gasteiger partial charge in [-0.15, -0.1) is 0 Å². The molecule has 0 heterocycles. The lowest BCUT2D eigenvalue weighted by atomic mass is 10.1. The van der Waals surface area contributed by atoms with E-state index in [0.717, 1.165) is 0 Å². The minimum absolute atomic E-state index is 0.0668. The first kappa shape index (κ1) is 12.0. The summed E-state index contributed by atoms with van der Waals surface area (Å²) in [5.74, 6) is -0.778. The molecule has 0 unspecified atom stereocenters. The van der Waals surface area contributed by atoms with Gasteiger partial charge in [-0.05, 0) is 31.5 Å². The maximum atomic E-state index is 12.7. The topological polar surface area (TPSA) is 26.3 Å². The van der Waals surface area contributed by atoms with Crippen LogP contribution in [0, 0.1) is 5.82 Å². The van der Waals surface area contributed by atoms with Crippen LogP contribution in [0.15, 0.2) is 18.2 Å². The van der Waals surface area contributed by atoms with Crippen LogP contribution in [-0.4, -0.2) is 12.1 Å². The molecule has 4 heteroatoms. The molecule has 0 aliphatic carbocycles. The number of carbonyl (C=O) groups excluding carboxylic acids is 1. The van der Waals surface area contributed by atoms with Gasteiger partial charge in [0.1, 0.15) is 5.82 Å². The second-order valence-electron chi connectivity index (χ2n) is 3.45. The van der Waals surface area contributed by atoms with Crippen LogP contribution in [0.25, 0.3) is 0 Å². The van der Waals surface area contributed by atoms with Gasteiger partial charge in [0.05, 0.1) is 12.5 Å². The summed E-state index contributed by atoms with van der Waals surface area (Å²) in [7, 11) is 0. The molecule has 0 aliphatic rings.